The van der Waals surface area contributed by atoms with Crippen LogP contribution >= 0.6 is 0 Å². The van der Waals surface area contributed by atoms with Crippen LogP contribution in [0.5, 0.6) is 0 Å². The van der Waals surface area contributed by atoms with Crippen LogP contribution in [0.4, 0.5) is 5.69 Å². The van der Waals surface area contributed by atoms with Gasteiger partial charge in [0.15, 0.2) is 5.84 Å². The summed E-state index contributed by atoms with van der Waals surface area (Å²) in [7, 11) is 2.05. The normalized spacial score (nSPS) is 17.5. The Balaban J connectivity index is 2.33. The lowest BCUT2D eigenvalue weighted by Gasteiger charge is -2.34. The number of benzene rings is 1. The summed E-state index contributed by atoms with van der Waals surface area (Å²) in [5.41, 5.74) is 8.68. The van der Waals surface area contributed by atoms with Gasteiger partial charge < -0.3 is 20.6 Å². The molecule has 1 fully saturated rings. The maximum atomic E-state index is 8.90. The highest BCUT2D eigenvalue weighted by Crippen LogP contribution is 2.26. The fourth-order valence-electron chi connectivity index (χ4n) is 2.47. The number of nitrogens with zero attached hydrogens (tertiary/aromatic N) is 2. The average Bonchev–Trinajstić information content (AvgIpc) is 2.46. The van der Waals surface area contributed by atoms with Crippen molar-refractivity contribution in [3.63, 3.8) is 0 Å². The molecule has 1 aromatic rings. The van der Waals surface area contributed by atoms with Crippen molar-refractivity contribution in [3.8, 4) is 0 Å². The van der Waals surface area contributed by atoms with Crippen LogP contribution in [0, 0.1) is 6.92 Å². The minimum atomic E-state index is 0.147. The first kappa shape index (κ1) is 13.7. The maximum absolute atomic E-state index is 8.90. The molecule has 0 bridgehead atoms. The number of anilines is 1. The highest BCUT2D eigenvalue weighted by atomic mass is 16.5. The molecule has 1 aromatic carbocycles. The third-order valence-electron chi connectivity index (χ3n) is 3.66. The number of nitrogens with two attached hydrogens (primary N) is 1. The van der Waals surface area contributed by atoms with Gasteiger partial charge in [0.2, 0.25) is 0 Å². The van der Waals surface area contributed by atoms with Crippen molar-refractivity contribution in [2.24, 2.45) is 10.9 Å². The summed E-state index contributed by atoms with van der Waals surface area (Å²) < 4.78 is 5.39. The molecule has 0 radical (unpaired) electrons. The third-order valence-corrected chi connectivity index (χ3v) is 3.66. The molecular formula is C14H21N3O2. The molecule has 1 heterocycles. The molecule has 1 saturated heterocycles. The van der Waals surface area contributed by atoms with E-state index in [2.05, 4.69) is 23.2 Å². The van der Waals surface area contributed by atoms with Crippen LogP contribution in [-0.2, 0) is 4.74 Å². The van der Waals surface area contributed by atoms with E-state index in [9.17, 15) is 0 Å². The second-order valence-corrected chi connectivity index (χ2v) is 4.96. The van der Waals surface area contributed by atoms with E-state index >= 15 is 0 Å². The zero-order valence-electron chi connectivity index (χ0n) is 11.5. The van der Waals surface area contributed by atoms with Crippen LogP contribution in [0.2, 0.25) is 0 Å². The quantitative estimate of drug-likeness (QED) is 0.377. The molecule has 104 valence electrons. The van der Waals surface area contributed by atoms with Gasteiger partial charge in [-0.2, -0.15) is 0 Å². The van der Waals surface area contributed by atoms with Crippen LogP contribution in [0.15, 0.2) is 23.4 Å². The van der Waals surface area contributed by atoms with Crippen LogP contribution < -0.4 is 10.6 Å². The Hall–Kier alpha value is -1.75. The van der Waals surface area contributed by atoms with E-state index in [1.807, 2.05) is 19.1 Å². The van der Waals surface area contributed by atoms with E-state index in [-0.39, 0.29) is 5.84 Å². The first-order valence-corrected chi connectivity index (χ1v) is 6.52. The first-order valence-electron chi connectivity index (χ1n) is 6.52. The van der Waals surface area contributed by atoms with Gasteiger partial charge in [-0.1, -0.05) is 11.2 Å². The van der Waals surface area contributed by atoms with E-state index in [0.29, 0.717) is 6.04 Å². The molecule has 0 atom stereocenters. The number of aryl methyl sites for hydroxylation is 1. The molecule has 0 amide bonds. The topological polar surface area (TPSA) is 71.1 Å². The minimum absolute atomic E-state index is 0.147. The van der Waals surface area contributed by atoms with Gasteiger partial charge >= 0.3 is 0 Å². The van der Waals surface area contributed by atoms with Crippen LogP contribution in [0.25, 0.3) is 0 Å². The summed E-state index contributed by atoms with van der Waals surface area (Å²) >= 11 is 0. The van der Waals surface area contributed by atoms with Crippen molar-refractivity contribution < 1.29 is 9.94 Å². The summed E-state index contributed by atoms with van der Waals surface area (Å²) in [5, 5.41) is 12.0. The molecule has 3 N–H and O–H groups in total. The summed E-state index contributed by atoms with van der Waals surface area (Å²) in [6.07, 6.45) is 2.00. The molecule has 0 saturated carbocycles. The van der Waals surface area contributed by atoms with Gasteiger partial charge in [-0.25, -0.2) is 0 Å². The van der Waals surface area contributed by atoms with E-state index in [1.54, 1.807) is 0 Å². The molecule has 0 aromatic heterocycles. The zero-order valence-corrected chi connectivity index (χ0v) is 11.5. The van der Waals surface area contributed by atoms with E-state index < -0.39 is 0 Å². The molecule has 0 spiro atoms. The molecule has 2 rings (SSSR count). The van der Waals surface area contributed by atoms with E-state index in [0.717, 1.165) is 42.9 Å². The molecule has 1 aliphatic rings. The highest BCUT2D eigenvalue weighted by molar-refractivity contribution is 6.02. The summed E-state index contributed by atoms with van der Waals surface area (Å²) in [6.45, 7) is 3.62. The molecule has 5 heteroatoms. The second-order valence-electron chi connectivity index (χ2n) is 4.96. The maximum Gasteiger partial charge on any atom is 0.172 e. The SMILES string of the molecule is Cc1ccc(C(N)=NO)c(N(C)C2CCOCC2)c1. The summed E-state index contributed by atoms with van der Waals surface area (Å²) in [6, 6.07) is 6.37. The highest BCUT2D eigenvalue weighted by Gasteiger charge is 2.21. The van der Waals surface area contributed by atoms with Crippen LogP contribution in [-0.4, -0.2) is 37.3 Å². The van der Waals surface area contributed by atoms with E-state index in [1.165, 1.54) is 0 Å². The number of hydrogen-bond acceptors (Lipinski definition) is 4. The Morgan fingerprint density at radius 3 is 2.74 bits per heavy atom. The van der Waals surface area contributed by atoms with Crippen molar-refractivity contribution in [2.75, 3.05) is 25.2 Å². The smallest absolute Gasteiger partial charge is 0.172 e. The van der Waals surface area contributed by atoms with Gasteiger partial charge in [-0.3, -0.25) is 0 Å². The van der Waals surface area contributed by atoms with Gasteiger partial charge in [-0.05, 0) is 37.5 Å². The van der Waals surface area contributed by atoms with Gasteiger partial charge in [0.1, 0.15) is 0 Å². The van der Waals surface area contributed by atoms with E-state index in [4.69, 9.17) is 15.7 Å². The van der Waals surface area contributed by atoms with Gasteiger partial charge in [0.05, 0.1) is 0 Å². The lowest BCUT2D eigenvalue weighted by molar-refractivity contribution is 0.0855. The fraction of sp³-hybridized carbons (Fsp3) is 0.500. The number of rotatable bonds is 3. The number of amidine groups is 1. The number of oxime groups is 1. The third kappa shape index (κ3) is 2.98. The zero-order chi connectivity index (χ0) is 13.8. The largest absolute Gasteiger partial charge is 0.409 e. The molecule has 0 unspecified atom stereocenters. The van der Waals surface area contributed by atoms with Gasteiger partial charge in [0.25, 0.3) is 0 Å². The monoisotopic (exact) mass is 263 g/mol. The summed E-state index contributed by atoms with van der Waals surface area (Å²) in [5.74, 6) is 0.147. The fourth-order valence-corrected chi connectivity index (χ4v) is 2.47. The van der Waals surface area contributed by atoms with Crippen molar-refractivity contribution >= 4 is 11.5 Å². The number of ether oxygens (including phenoxy) is 1. The predicted molar refractivity (Wildman–Crippen MR) is 75.9 cm³/mol. The molecule has 0 aliphatic carbocycles. The van der Waals surface area contributed by atoms with Crippen LogP contribution in [0.3, 0.4) is 0 Å². The Morgan fingerprint density at radius 1 is 1.42 bits per heavy atom. The lowest BCUT2D eigenvalue weighted by Crippen LogP contribution is -2.37. The average molecular weight is 263 g/mol. The Kier molecular flexibility index (Phi) is 4.27. The Morgan fingerprint density at radius 2 is 2.11 bits per heavy atom. The molecule has 19 heavy (non-hydrogen) atoms. The molecular weight excluding hydrogens is 242 g/mol. The second kappa shape index (κ2) is 5.93. The predicted octanol–water partition coefficient (Wildman–Crippen LogP) is 1.70. The Bertz CT molecular complexity index is 468. The minimum Gasteiger partial charge on any atom is -0.409 e. The van der Waals surface area contributed by atoms with Crippen molar-refractivity contribution in [1.29, 1.82) is 0 Å². The Labute approximate surface area is 113 Å². The van der Waals surface area contributed by atoms with Gasteiger partial charge in [-0.15, -0.1) is 0 Å². The van der Waals surface area contributed by atoms with Crippen molar-refractivity contribution in [1.82, 2.24) is 0 Å². The summed E-state index contributed by atoms with van der Waals surface area (Å²) in [4.78, 5) is 2.21. The van der Waals surface area contributed by atoms with Crippen molar-refractivity contribution in [3.05, 3.63) is 29.3 Å². The lowest BCUT2D eigenvalue weighted by atomic mass is 10.0. The molecule has 5 nitrogen and oxygen atoms in total. The number of hydrogen-bond donors (Lipinski definition) is 2. The van der Waals surface area contributed by atoms with Gasteiger partial charge in [0, 0.05) is 37.6 Å². The first-order chi connectivity index (χ1) is 9.13. The van der Waals surface area contributed by atoms with Crippen LogP contribution in [0.1, 0.15) is 24.0 Å². The van der Waals surface area contributed by atoms with Crippen molar-refractivity contribution in [2.45, 2.75) is 25.8 Å². The molecule has 1 aliphatic heterocycles. The standard InChI is InChI=1S/C14H21N3O2/c1-10-3-4-12(14(15)16-18)13(9-10)17(2)11-5-7-19-8-6-11/h3-4,9,11,18H,5-8H2,1-2H3,(H2,15,16).